The third-order valence-electron chi connectivity index (χ3n) is 5.83. The summed E-state index contributed by atoms with van der Waals surface area (Å²) in [5.41, 5.74) is 6.10. The van der Waals surface area contributed by atoms with Crippen molar-refractivity contribution in [1.82, 2.24) is 14.3 Å². The number of nitrogens with zero attached hydrogens (tertiary/aromatic N) is 4. The van der Waals surface area contributed by atoms with Crippen LogP contribution in [0.5, 0.6) is 0 Å². The number of thioether (sulfide) groups is 1. The summed E-state index contributed by atoms with van der Waals surface area (Å²) in [4.78, 5) is 46.7. The number of hydrogen-bond acceptors (Lipinski definition) is 7. The van der Waals surface area contributed by atoms with Gasteiger partial charge in [-0.05, 0) is 37.5 Å². The standard InChI is InChI=1S/C22H25N5O3S2/c1-2-3-9-27-21(30)16(32-22(27)31)13-15-19(25-11-7-14(8-12-25)18(23)28)24-17-6-4-5-10-26(17)20(15)29/h4-6,10,13-14H,2-3,7-9,11-12H2,1H3,(H2,23,28). The van der Waals surface area contributed by atoms with Crippen LogP contribution in [0.25, 0.3) is 11.7 Å². The van der Waals surface area contributed by atoms with E-state index in [-0.39, 0.29) is 23.3 Å². The molecule has 4 heterocycles. The molecule has 2 fully saturated rings. The molecule has 2 amide bonds. The number of thiocarbonyl (C=S) groups is 1. The lowest BCUT2D eigenvalue weighted by Crippen LogP contribution is -2.40. The lowest BCUT2D eigenvalue weighted by molar-refractivity contribution is -0.123. The van der Waals surface area contributed by atoms with Gasteiger partial charge in [0.1, 0.15) is 15.8 Å². The molecule has 0 atom stereocenters. The Labute approximate surface area is 195 Å². The Balaban J connectivity index is 1.76. The van der Waals surface area contributed by atoms with Gasteiger partial charge < -0.3 is 10.6 Å². The van der Waals surface area contributed by atoms with Crippen LogP contribution in [0, 0.1) is 5.92 Å². The molecule has 0 bridgehead atoms. The van der Waals surface area contributed by atoms with Crippen molar-refractivity contribution in [2.24, 2.45) is 11.7 Å². The molecule has 10 heteroatoms. The van der Waals surface area contributed by atoms with Crippen molar-refractivity contribution in [2.75, 3.05) is 24.5 Å². The van der Waals surface area contributed by atoms with Crippen molar-refractivity contribution in [1.29, 1.82) is 0 Å². The number of anilines is 1. The van der Waals surface area contributed by atoms with E-state index in [1.54, 1.807) is 29.3 Å². The number of hydrogen-bond donors (Lipinski definition) is 1. The number of fused-ring (bicyclic) bond motifs is 1. The molecule has 4 rings (SSSR count). The predicted molar refractivity (Wildman–Crippen MR) is 130 cm³/mol. The number of carbonyl (C=O) groups is 2. The zero-order valence-electron chi connectivity index (χ0n) is 17.8. The molecule has 168 valence electrons. The highest BCUT2D eigenvalue weighted by Gasteiger charge is 2.33. The van der Waals surface area contributed by atoms with Crippen molar-refractivity contribution in [3.8, 4) is 0 Å². The summed E-state index contributed by atoms with van der Waals surface area (Å²) in [5, 5.41) is 0. The van der Waals surface area contributed by atoms with Gasteiger partial charge in [-0.15, -0.1) is 0 Å². The number of primary amides is 1. The Morgan fingerprint density at radius 1 is 1.31 bits per heavy atom. The first kappa shape index (κ1) is 22.5. The fourth-order valence-electron chi connectivity index (χ4n) is 3.97. The van der Waals surface area contributed by atoms with Crippen molar-refractivity contribution in [3.63, 3.8) is 0 Å². The largest absolute Gasteiger partial charge is 0.369 e. The van der Waals surface area contributed by atoms with Crippen molar-refractivity contribution >= 4 is 57.7 Å². The first-order valence-electron chi connectivity index (χ1n) is 10.7. The normalized spacial score (nSPS) is 18.8. The summed E-state index contributed by atoms with van der Waals surface area (Å²) >= 11 is 6.62. The Morgan fingerprint density at radius 2 is 2.06 bits per heavy atom. The van der Waals surface area contributed by atoms with Gasteiger partial charge in [0.15, 0.2) is 0 Å². The lowest BCUT2D eigenvalue weighted by Gasteiger charge is -2.32. The molecule has 0 unspecified atom stereocenters. The second kappa shape index (κ2) is 9.41. The molecule has 0 saturated carbocycles. The predicted octanol–water partition coefficient (Wildman–Crippen LogP) is 2.40. The van der Waals surface area contributed by atoms with E-state index in [9.17, 15) is 14.4 Å². The van der Waals surface area contributed by atoms with Gasteiger partial charge in [0, 0.05) is 31.7 Å². The number of amides is 2. The first-order chi connectivity index (χ1) is 15.4. The van der Waals surface area contributed by atoms with E-state index in [1.807, 2.05) is 11.0 Å². The average molecular weight is 472 g/mol. The molecule has 0 aromatic carbocycles. The van der Waals surface area contributed by atoms with Crippen LogP contribution >= 0.6 is 24.0 Å². The number of pyridine rings is 1. The zero-order chi connectivity index (χ0) is 22.8. The van der Waals surface area contributed by atoms with Crippen LogP contribution in [-0.2, 0) is 9.59 Å². The van der Waals surface area contributed by atoms with Gasteiger partial charge in [0.2, 0.25) is 5.91 Å². The van der Waals surface area contributed by atoms with E-state index >= 15 is 0 Å². The highest BCUT2D eigenvalue weighted by Crippen LogP contribution is 2.34. The molecule has 2 aliphatic heterocycles. The van der Waals surface area contributed by atoms with E-state index in [0.717, 1.165) is 12.8 Å². The Kier molecular flexibility index (Phi) is 6.61. The topological polar surface area (TPSA) is 101 Å². The SMILES string of the molecule is CCCCN1C(=O)C(=Cc2c(N3CCC(C(N)=O)CC3)nc3ccccn3c2=O)SC1=S. The van der Waals surface area contributed by atoms with Crippen LogP contribution < -0.4 is 16.2 Å². The van der Waals surface area contributed by atoms with E-state index in [0.29, 0.717) is 58.7 Å². The highest BCUT2D eigenvalue weighted by molar-refractivity contribution is 8.26. The van der Waals surface area contributed by atoms with Crippen molar-refractivity contribution in [3.05, 3.63) is 45.2 Å². The number of rotatable bonds is 6. The molecule has 2 aromatic rings. The van der Waals surface area contributed by atoms with Crippen LogP contribution in [0.4, 0.5) is 5.82 Å². The molecule has 2 saturated heterocycles. The summed E-state index contributed by atoms with van der Waals surface area (Å²) in [6.45, 7) is 3.74. The maximum Gasteiger partial charge on any atom is 0.267 e. The molecule has 0 spiro atoms. The summed E-state index contributed by atoms with van der Waals surface area (Å²) in [5.74, 6) is -0.134. The van der Waals surface area contributed by atoms with Crippen LogP contribution in [-0.4, -0.2) is 50.1 Å². The van der Waals surface area contributed by atoms with Crippen LogP contribution in [0.3, 0.4) is 0 Å². The molecule has 0 radical (unpaired) electrons. The van der Waals surface area contributed by atoms with Gasteiger partial charge in [0.05, 0.1) is 10.5 Å². The molecular formula is C22H25N5O3S2. The van der Waals surface area contributed by atoms with Gasteiger partial charge in [-0.1, -0.05) is 43.4 Å². The number of aromatic nitrogens is 2. The van der Waals surface area contributed by atoms with Crippen LogP contribution in [0.2, 0.25) is 0 Å². The maximum atomic E-state index is 13.4. The Bertz CT molecular complexity index is 1170. The Hall–Kier alpha value is -2.72. The number of unbranched alkanes of at least 4 members (excludes halogenated alkanes) is 1. The third kappa shape index (κ3) is 4.29. The summed E-state index contributed by atoms with van der Waals surface area (Å²) < 4.78 is 1.98. The number of piperidine rings is 1. The minimum Gasteiger partial charge on any atom is -0.369 e. The molecule has 2 aliphatic rings. The molecule has 0 aliphatic carbocycles. The van der Waals surface area contributed by atoms with Crippen molar-refractivity contribution < 1.29 is 9.59 Å². The summed E-state index contributed by atoms with van der Waals surface area (Å²) in [7, 11) is 0. The quantitative estimate of drug-likeness (QED) is 0.510. The second-order valence-corrected chi connectivity index (χ2v) is 9.61. The van der Waals surface area contributed by atoms with E-state index in [4.69, 9.17) is 22.9 Å². The maximum absolute atomic E-state index is 13.4. The molecule has 32 heavy (non-hydrogen) atoms. The van der Waals surface area contributed by atoms with E-state index in [2.05, 4.69) is 6.92 Å². The van der Waals surface area contributed by atoms with E-state index in [1.165, 1.54) is 16.2 Å². The fraction of sp³-hybridized carbons (Fsp3) is 0.409. The Morgan fingerprint density at radius 3 is 2.75 bits per heavy atom. The second-order valence-electron chi connectivity index (χ2n) is 7.93. The molecule has 8 nitrogen and oxygen atoms in total. The first-order valence-corrected chi connectivity index (χ1v) is 11.9. The average Bonchev–Trinajstić information content (AvgIpc) is 3.06. The number of nitrogens with two attached hydrogens (primary N) is 1. The summed E-state index contributed by atoms with van der Waals surface area (Å²) in [6.07, 6.45) is 6.30. The highest BCUT2D eigenvalue weighted by atomic mass is 32.2. The van der Waals surface area contributed by atoms with Crippen molar-refractivity contribution in [2.45, 2.75) is 32.6 Å². The number of carbonyl (C=O) groups excluding carboxylic acids is 2. The minimum atomic E-state index is -0.299. The van der Waals surface area contributed by atoms with Gasteiger partial charge in [-0.3, -0.25) is 23.7 Å². The van der Waals surface area contributed by atoms with Gasteiger partial charge >= 0.3 is 0 Å². The lowest BCUT2D eigenvalue weighted by atomic mass is 9.96. The molecule has 2 aromatic heterocycles. The monoisotopic (exact) mass is 471 g/mol. The molecular weight excluding hydrogens is 446 g/mol. The van der Waals surface area contributed by atoms with Crippen LogP contribution in [0.15, 0.2) is 34.1 Å². The zero-order valence-corrected chi connectivity index (χ0v) is 19.5. The van der Waals surface area contributed by atoms with Crippen LogP contribution in [0.1, 0.15) is 38.2 Å². The smallest absolute Gasteiger partial charge is 0.267 e. The molecule has 2 N–H and O–H groups in total. The van der Waals surface area contributed by atoms with Gasteiger partial charge in [0.25, 0.3) is 11.5 Å². The fourth-order valence-corrected chi connectivity index (χ4v) is 5.26. The summed E-state index contributed by atoms with van der Waals surface area (Å²) in [6, 6.07) is 5.36. The van der Waals surface area contributed by atoms with E-state index < -0.39 is 0 Å². The van der Waals surface area contributed by atoms with Gasteiger partial charge in [-0.2, -0.15) is 0 Å². The van der Waals surface area contributed by atoms with Gasteiger partial charge in [-0.25, -0.2) is 4.98 Å². The minimum absolute atomic E-state index is 0.175. The third-order valence-corrected chi connectivity index (χ3v) is 7.21.